The summed E-state index contributed by atoms with van der Waals surface area (Å²) in [6.45, 7) is 2.41. The van der Waals surface area contributed by atoms with Crippen molar-refractivity contribution in [3.8, 4) is 11.3 Å². The van der Waals surface area contributed by atoms with Gasteiger partial charge in [-0.3, -0.25) is 8.86 Å². The second-order valence-corrected chi connectivity index (χ2v) is 7.57. The molecule has 0 spiro atoms. The van der Waals surface area contributed by atoms with Crippen molar-refractivity contribution in [1.29, 1.82) is 0 Å². The number of carbonyl (C=O) groups is 1. The maximum atomic E-state index is 12.2. The summed E-state index contributed by atoms with van der Waals surface area (Å²) in [5, 5.41) is 4.56. The van der Waals surface area contributed by atoms with E-state index in [0.29, 0.717) is 18.7 Å². The predicted molar refractivity (Wildman–Crippen MR) is 90.8 cm³/mol. The summed E-state index contributed by atoms with van der Waals surface area (Å²) in [7, 11) is -3.47. The standard InChI is InChI=1S/C16H21N3O5S/c1-3-23-16(20)12-9-17-13-6-4-5-11-10-19(18-15(11)14(12)13)7-8-24-25(2,21)22/h9-10,17H,3-8H2,1-2H3. The highest BCUT2D eigenvalue weighted by Crippen LogP contribution is 2.34. The van der Waals surface area contributed by atoms with Gasteiger partial charge in [-0.1, -0.05) is 0 Å². The number of aromatic nitrogens is 3. The zero-order valence-electron chi connectivity index (χ0n) is 14.2. The summed E-state index contributed by atoms with van der Waals surface area (Å²) in [5.41, 5.74) is 4.02. The zero-order valence-corrected chi connectivity index (χ0v) is 15.1. The number of rotatable bonds is 6. The van der Waals surface area contributed by atoms with Crippen LogP contribution in [0.2, 0.25) is 0 Å². The molecule has 0 unspecified atom stereocenters. The number of nitrogens with one attached hydrogen (secondary N) is 1. The molecule has 2 aromatic rings. The Bertz CT molecular complexity index is 882. The fourth-order valence-corrected chi connectivity index (χ4v) is 3.39. The molecule has 136 valence electrons. The van der Waals surface area contributed by atoms with Gasteiger partial charge in [0.25, 0.3) is 10.1 Å². The summed E-state index contributed by atoms with van der Waals surface area (Å²) in [6, 6.07) is 0. The summed E-state index contributed by atoms with van der Waals surface area (Å²) in [5.74, 6) is -0.372. The van der Waals surface area contributed by atoms with Gasteiger partial charge in [-0.2, -0.15) is 13.5 Å². The van der Waals surface area contributed by atoms with E-state index in [2.05, 4.69) is 10.1 Å². The zero-order chi connectivity index (χ0) is 18.0. The monoisotopic (exact) mass is 367 g/mol. The van der Waals surface area contributed by atoms with E-state index in [0.717, 1.165) is 48.0 Å². The number of carbonyl (C=O) groups excluding carboxylic acids is 1. The van der Waals surface area contributed by atoms with Crippen molar-refractivity contribution in [3.63, 3.8) is 0 Å². The third-order valence-electron chi connectivity index (χ3n) is 4.02. The number of aromatic amines is 1. The van der Waals surface area contributed by atoms with Crippen molar-refractivity contribution in [2.75, 3.05) is 19.5 Å². The highest BCUT2D eigenvalue weighted by molar-refractivity contribution is 7.85. The molecule has 1 aliphatic carbocycles. The van der Waals surface area contributed by atoms with Crippen LogP contribution in [-0.4, -0.2) is 48.6 Å². The lowest BCUT2D eigenvalue weighted by atomic mass is 10.1. The molecule has 0 saturated carbocycles. The third kappa shape index (κ3) is 3.93. The van der Waals surface area contributed by atoms with Crippen molar-refractivity contribution < 1.29 is 22.1 Å². The van der Waals surface area contributed by atoms with Gasteiger partial charge in [0.15, 0.2) is 0 Å². The Hall–Kier alpha value is -2.13. The average molecular weight is 367 g/mol. The van der Waals surface area contributed by atoms with Gasteiger partial charge in [-0.25, -0.2) is 4.79 Å². The lowest BCUT2D eigenvalue weighted by Crippen LogP contribution is -2.11. The Kier molecular flexibility index (Phi) is 4.96. The molecule has 0 bridgehead atoms. The first-order valence-corrected chi connectivity index (χ1v) is 9.99. The van der Waals surface area contributed by atoms with E-state index in [1.807, 2.05) is 6.20 Å². The molecule has 0 aliphatic heterocycles. The van der Waals surface area contributed by atoms with Crippen molar-refractivity contribution in [2.24, 2.45) is 0 Å². The van der Waals surface area contributed by atoms with Gasteiger partial charge >= 0.3 is 5.97 Å². The lowest BCUT2D eigenvalue weighted by Gasteiger charge is -2.04. The van der Waals surface area contributed by atoms with Crippen LogP contribution in [0.1, 0.15) is 35.0 Å². The number of aryl methyl sites for hydroxylation is 2. The molecule has 25 heavy (non-hydrogen) atoms. The molecule has 1 aliphatic rings. The second-order valence-electron chi connectivity index (χ2n) is 5.92. The van der Waals surface area contributed by atoms with Crippen LogP contribution in [0.3, 0.4) is 0 Å². The van der Waals surface area contributed by atoms with Crippen LogP contribution in [0, 0.1) is 0 Å². The van der Waals surface area contributed by atoms with E-state index in [4.69, 9.17) is 8.92 Å². The first-order chi connectivity index (χ1) is 11.9. The molecule has 3 rings (SSSR count). The minimum Gasteiger partial charge on any atom is -0.462 e. The van der Waals surface area contributed by atoms with Crippen molar-refractivity contribution in [3.05, 3.63) is 29.2 Å². The summed E-state index contributed by atoms with van der Waals surface area (Å²) in [6.07, 6.45) is 7.19. The minimum absolute atomic E-state index is 0.0180. The van der Waals surface area contributed by atoms with Crippen molar-refractivity contribution in [1.82, 2.24) is 14.8 Å². The molecule has 0 aromatic carbocycles. The fraction of sp³-hybridized carbons (Fsp3) is 0.500. The Morgan fingerprint density at radius 1 is 1.40 bits per heavy atom. The molecule has 9 heteroatoms. The van der Waals surface area contributed by atoms with Crippen LogP contribution in [0.5, 0.6) is 0 Å². The summed E-state index contributed by atoms with van der Waals surface area (Å²) < 4.78 is 33.7. The van der Waals surface area contributed by atoms with Crippen molar-refractivity contribution in [2.45, 2.75) is 32.7 Å². The normalized spacial score (nSPS) is 13.8. The van der Waals surface area contributed by atoms with Gasteiger partial charge in [0.1, 0.15) is 0 Å². The third-order valence-corrected chi connectivity index (χ3v) is 4.62. The van der Waals surface area contributed by atoms with Gasteiger partial charge in [-0.05, 0) is 31.7 Å². The van der Waals surface area contributed by atoms with E-state index in [1.54, 1.807) is 17.8 Å². The highest BCUT2D eigenvalue weighted by atomic mass is 32.2. The molecule has 1 N–H and O–H groups in total. The van der Waals surface area contributed by atoms with Crippen LogP contribution >= 0.6 is 0 Å². The molecular weight excluding hydrogens is 346 g/mol. The first-order valence-electron chi connectivity index (χ1n) is 8.17. The lowest BCUT2D eigenvalue weighted by molar-refractivity contribution is 0.0527. The largest absolute Gasteiger partial charge is 0.462 e. The Labute approximate surface area is 146 Å². The molecule has 8 nitrogen and oxygen atoms in total. The molecule has 0 atom stereocenters. The summed E-state index contributed by atoms with van der Waals surface area (Å²) in [4.78, 5) is 15.4. The predicted octanol–water partition coefficient (Wildman–Crippen LogP) is 1.52. The molecule has 2 aromatic heterocycles. The van der Waals surface area contributed by atoms with E-state index in [-0.39, 0.29) is 12.6 Å². The van der Waals surface area contributed by atoms with Gasteiger partial charge in [0.05, 0.1) is 37.3 Å². The van der Waals surface area contributed by atoms with E-state index in [1.165, 1.54) is 0 Å². The number of fused-ring (bicyclic) bond motifs is 3. The Balaban J connectivity index is 1.90. The maximum Gasteiger partial charge on any atom is 0.340 e. The van der Waals surface area contributed by atoms with Gasteiger partial charge in [0.2, 0.25) is 0 Å². The highest BCUT2D eigenvalue weighted by Gasteiger charge is 2.26. The van der Waals surface area contributed by atoms with Gasteiger partial charge in [0, 0.05) is 23.7 Å². The Morgan fingerprint density at radius 2 is 2.20 bits per heavy atom. The van der Waals surface area contributed by atoms with Crippen LogP contribution in [0.15, 0.2) is 12.4 Å². The second kappa shape index (κ2) is 7.01. The van der Waals surface area contributed by atoms with Crippen LogP contribution in [0.4, 0.5) is 0 Å². The molecule has 2 heterocycles. The van der Waals surface area contributed by atoms with Gasteiger partial charge < -0.3 is 9.72 Å². The summed E-state index contributed by atoms with van der Waals surface area (Å²) >= 11 is 0. The van der Waals surface area contributed by atoms with E-state index < -0.39 is 10.1 Å². The minimum atomic E-state index is -3.47. The smallest absolute Gasteiger partial charge is 0.340 e. The van der Waals surface area contributed by atoms with Crippen LogP contribution in [0.25, 0.3) is 11.3 Å². The quantitative estimate of drug-likeness (QED) is 0.613. The molecule has 0 radical (unpaired) electrons. The van der Waals surface area contributed by atoms with Gasteiger partial charge in [-0.15, -0.1) is 0 Å². The maximum absolute atomic E-state index is 12.2. The molecule has 0 amide bonds. The number of hydrogen-bond donors (Lipinski definition) is 1. The Morgan fingerprint density at radius 3 is 2.92 bits per heavy atom. The van der Waals surface area contributed by atoms with E-state index >= 15 is 0 Å². The SMILES string of the molecule is CCOC(=O)c1c[nH]c2c1-c1nn(CCOS(C)(=O)=O)cc1CCC2. The number of ether oxygens (including phenoxy) is 1. The molecule has 0 fully saturated rings. The molecular formula is C16H21N3O5S. The average Bonchev–Trinajstić information content (AvgIpc) is 3.07. The molecule has 0 saturated heterocycles. The number of esters is 1. The first kappa shape index (κ1) is 17.7. The van der Waals surface area contributed by atoms with E-state index in [9.17, 15) is 13.2 Å². The topological polar surface area (TPSA) is 103 Å². The number of hydrogen-bond acceptors (Lipinski definition) is 6. The van der Waals surface area contributed by atoms with Crippen molar-refractivity contribution >= 4 is 16.1 Å². The van der Waals surface area contributed by atoms with Crippen LogP contribution in [-0.2, 0) is 38.4 Å². The number of nitrogens with zero attached hydrogens (tertiary/aromatic N) is 2. The van der Waals surface area contributed by atoms with Crippen LogP contribution < -0.4 is 0 Å². The fourth-order valence-electron chi connectivity index (χ4n) is 3.01. The number of H-pyrrole nitrogens is 1.